The molecule has 0 spiro atoms. The minimum atomic E-state index is -1.16. The van der Waals surface area contributed by atoms with Crippen molar-refractivity contribution < 1.29 is 24.2 Å². The van der Waals surface area contributed by atoms with Crippen LogP contribution in [0.4, 0.5) is 0 Å². The summed E-state index contributed by atoms with van der Waals surface area (Å²) in [6.45, 7) is 7.33. The van der Waals surface area contributed by atoms with Crippen molar-refractivity contribution in [3.8, 4) is 0 Å². The number of methoxy groups -OCH3 is 1. The Labute approximate surface area is 125 Å². The van der Waals surface area contributed by atoms with Gasteiger partial charge >= 0.3 is 5.97 Å². The van der Waals surface area contributed by atoms with Crippen LogP contribution < -0.4 is 10.6 Å². The second kappa shape index (κ2) is 8.61. The molecule has 7 nitrogen and oxygen atoms in total. The topological polar surface area (TPSA) is 105 Å². The number of aliphatic carboxylic acids is 1. The molecule has 0 saturated heterocycles. The average Bonchev–Trinajstić information content (AvgIpc) is 2.37. The molecule has 2 amide bonds. The Kier molecular flexibility index (Phi) is 7.94. The molecule has 3 N–H and O–H groups in total. The molecule has 0 heterocycles. The third-order valence-electron chi connectivity index (χ3n) is 3.67. The van der Waals surface area contributed by atoms with Crippen LogP contribution in [0.25, 0.3) is 0 Å². The van der Waals surface area contributed by atoms with Crippen LogP contribution >= 0.6 is 0 Å². The van der Waals surface area contributed by atoms with E-state index < -0.39 is 23.3 Å². The number of carbonyl (C=O) groups excluding carboxylic acids is 2. The van der Waals surface area contributed by atoms with Crippen LogP contribution in [0.2, 0.25) is 0 Å². The monoisotopic (exact) mass is 302 g/mol. The number of ether oxygens (including phenoxy) is 1. The lowest BCUT2D eigenvalue weighted by atomic mass is 9.76. The first-order valence-corrected chi connectivity index (χ1v) is 6.94. The van der Waals surface area contributed by atoms with Crippen LogP contribution in [0.3, 0.4) is 0 Å². The molecular formula is C14H26N2O5. The molecular weight excluding hydrogens is 276 g/mol. The number of carboxylic acids is 1. The van der Waals surface area contributed by atoms with Gasteiger partial charge in [-0.05, 0) is 19.8 Å². The Balaban J connectivity index is 4.48. The van der Waals surface area contributed by atoms with Crippen molar-refractivity contribution in [3.63, 3.8) is 0 Å². The molecule has 0 radical (unpaired) electrons. The van der Waals surface area contributed by atoms with Crippen molar-refractivity contribution in [2.75, 3.05) is 20.3 Å². The average molecular weight is 302 g/mol. The molecule has 0 aromatic heterocycles. The maximum absolute atomic E-state index is 11.9. The highest BCUT2D eigenvalue weighted by Crippen LogP contribution is 2.31. The van der Waals surface area contributed by atoms with Gasteiger partial charge in [-0.1, -0.05) is 13.8 Å². The maximum atomic E-state index is 11.9. The summed E-state index contributed by atoms with van der Waals surface area (Å²) in [7, 11) is 1.52. The van der Waals surface area contributed by atoms with E-state index in [1.807, 2.05) is 0 Å². The Bertz CT molecular complexity index is 384. The molecule has 2 atom stereocenters. The van der Waals surface area contributed by atoms with Crippen molar-refractivity contribution in [2.45, 2.75) is 40.2 Å². The first kappa shape index (κ1) is 19.4. The van der Waals surface area contributed by atoms with E-state index in [4.69, 9.17) is 4.74 Å². The van der Waals surface area contributed by atoms with Crippen LogP contribution in [-0.2, 0) is 19.1 Å². The van der Waals surface area contributed by atoms with Gasteiger partial charge in [0.2, 0.25) is 11.8 Å². The van der Waals surface area contributed by atoms with E-state index >= 15 is 0 Å². The summed E-state index contributed by atoms with van der Waals surface area (Å²) < 4.78 is 4.80. The summed E-state index contributed by atoms with van der Waals surface area (Å²) in [6, 6.07) is -0.723. The van der Waals surface area contributed by atoms with Gasteiger partial charge in [0.1, 0.15) is 6.04 Å². The number of nitrogens with one attached hydrogen (secondary N) is 2. The Morgan fingerprint density at radius 1 is 1.24 bits per heavy atom. The summed E-state index contributed by atoms with van der Waals surface area (Å²) in [5.74, 6) is -2.01. The van der Waals surface area contributed by atoms with Crippen LogP contribution in [0, 0.1) is 11.3 Å². The number of hydrogen-bond acceptors (Lipinski definition) is 4. The standard InChI is InChI=1S/C14H26N2O5/c1-9(2)14(4,13(19)20)8-11(17)16-10(3)12(18)15-6-7-21-5/h9-10H,6-8H2,1-5H3,(H,15,18)(H,16,17)(H,19,20). The zero-order valence-electron chi connectivity index (χ0n) is 13.4. The van der Waals surface area contributed by atoms with Gasteiger partial charge in [0.15, 0.2) is 0 Å². The minimum Gasteiger partial charge on any atom is -0.481 e. The lowest BCUT2D eigenvalue weighted by Crippen LogP contribution is -2.47. The van der Waals surface area contributed by atoms with Crippen LogP contribution in [0.15, 0.2) is 0 Å². The summed E-state index contributed by atoms with van der Waals surface area (Å²) in [5, 5.41) is 14.4. The highest BCUT2D eigenvalue weighted by Gasteiger charge is 2.39. The molecule has 122 valence electrons. The number of rotatable bonds is 9. The van der Waals surface area contributed by atoms with E-state index in [-0.39, 0.29) is 18.2 Å². The maximum Gasteiger partial charge on any atom is 0.310 e. The van der Waals surface area contributed by atoms with Crippen LogP contribution in [0.1, 0.15) is 34.1 Å². The van der Waals surface area contributed by atoms with Crippen molar-refractivity contribution in [2.24, 2.45) is 11.3 Å². The van der Waals surface area contributed by atoms with E-state index in [2.05, 4.69) is 10.6 Å². The second-order valence-electron chi connectivity index (χ2n) is 5.63. The van der Waals surface area contributed by atoms with Gasteiger partial charge in [0.05, 0.1) is 12.0 Å². The number of carboxylic acid groups (broad SMARTS) is 1. The normalized spacial score (nSPS) is 15.1. The Morgan fingerprint density at radius 2 is 1.81 bits per heavy atom. The quantitative estimate of drug-likeness (QED) is 0.534. The van der Waals surface area contributed by atoms with Gasteiger partial charge in [-0.25, -0.2) is 0 Å². The van der Waals surface area contributed by atoms with E-state index in [9.17, 15) is 19.5 Å². The summed E-state index contributed by atoms with van der Waals surface area (Å²) in [4.78, 5) is 34.9. The second-order valence-corrected chi connectivity index (χ2v) is 5.63. The third kappa shape index (κ3) is 6.12. The van der Waals surface area contributed by atoms with Crippen molar-refractivity contribution in [1.29, 1.82) is 0 Å². The largest absolute Gasteiger partial charge is 0.481 e. The van der Waals surface area contributed by atoms with Crippen molar-refractivity contribution in [3.05, 3.63) is 0 Å². The van der Waals surface area contributed by atoms with Crippen LogP contribution in [0.5, 0.6) is 0 Å². The highest BCUT2D eigenvalue weighted by molar-refractivity contribution is 5.89. The van der Waals surface area contributed by atoms with Gasteiger partial charge in [-0.2, -0.15) is 0 Å². The minimum absolute atomic E-state index is 0.171. The van der Waals surface area contributed by atoms with E-state index in [1.165, 1.54) is 14.0 Å². The fourth-order valence-electron chi connectivity index (χ4n) is 1.65. The first-order chi connectivity index (χ1) is 9.65. The molecule has 0 aromatic carbocycles. The Hall–Kier alpha value is -1.63. The van der Waals surface area contributed by atoms with Crippen LogP contribution in [-0.4, -0.2) is 49.2 Å². The van der Waals surface area contributed by atoms with Gasteiger partial charge in [-0.3, -0.25) is 14.4 Å². The van der Waals surface area contributed by atoms with Crippen molar-refractivity contribution in [1.82, 2.24) is 10.6 Å². The highest BCUT2D eigenvalue weighted by atomic mass is 16.5. The summed E-state index contributed by atoms with van der Waals surface area (Å²) in [6.07, 6.45) is -0.171. The SMILES string of the molecule is COCCNC(=O)C(C)NC(=O)CC(C)(C(=O)O)C(C)C. The number of amides is 2. The molecule has 0 saturated carbocycles. The lowest BCUT2D eigenvalue weighted by Gasteiger charge is -2.28. The fraction of sp³-hybridized carbons (Fsp3) is 0.786. The number of carbonyl (C=O) groups is 3. The molecule has 0 fully saturated rings. The zero-order valence-corrected chi connectivity index (χ0v) is 13.4. The molecule has 0 bridgehead atoms. The van der Waals surface area contributed by atoms with E-state index in [0.717, 1.165) is 0 Å². The fourth-order valence-corrected chi connectivity index (χ4v) is 1.65. The molecule has 21 heavy (non-hydrogen) atoms. The molecule has 0 rings (SSSR count). The van der Waals surface area contributed by atoms with Gasteiger partial charge < -0.3 is 20.5 Å². The zero-order chi connectivity index (χ0) is 16.6. The van der Waals surface area contributed by atoms with Gasteiger partial charge in [0, 0.05) is 20.1 Å². The molecule has 2 unspecified atom stereocenters. The summed E-state index contributed by atoms with van der Waals surface area (Å²) in [5.41, 5.74) is -1.16. The van der Waals surface area contributed by atoms with E-state index in [0.29, 0.717) is 13.2 Å². The summed E-state index contributed by atoms with van der Waals surface area (Å²) >= 11 is 0. The molecule has 0 aromatic rings. The Morgan fingerprint density at radius 3 is 2.24 bits per heavy atom. The predicted molar refractivity (Wildman–Crippen MR) is 77.7 cm³/mol. The molecule has 7 heteroatoms. The number of hydrogen-bond donors (Lipinski definition) is 3. The predicted octanol–water partition coefficient (Wildman–Crippen LogP) is 0.391. The molecule has 0 aliphatic rings. The van der Waals surface area contributed by atoms with Gasteiger partial charge in [-0.15, -0.1) is 0 Å². The smallest absolute Gasteiger partial charge is 0.310 e. The third-order valence-corrected chi connectivity index (χ3v) is 3.67. The molecule has 0 aliphatic heterocycles. The van der Waals surface area contributed by atoms with Crippen molar-refractivity contribution >= 4 is 17.8 Å². The van der Waals surface area contributed by atoms with E-state index in [1.54, 1.807) is 20.8 Å². The lowest BCUT2D eigenvalue weighted by molar-refractivity contribution is -0.153. The van der Waals surface area contributed by atoms with Gasteiger partial charge in [0.25, 0.3) is 0 Å². The first-order valence-electron chi connectivity index (χ1n) is 6.94. The molecule has 0 aliphatic carbocycles.